The van der Waals surface area contributed by atoms with Crippen molar-refractivity contribution in [3.8, 4) is 5.75 Å². The summed E-state index contributed by atoms with van der Waals surface area (Å²) in [7, 11) is -6.89. The van der Waals surface area contributed by atoms with Gasteiger partial charge in [0.15, 0.2) is 0 Å². The van der Waals surface area contributed by atoms with Crippen LogP contribution < -0.4 is 4.18 Å². The van der Waals surface area contributed by atoms with E-state index in [2.05, 4.69) is 4.18 Å². The van der Waals surface area contributed by atoms with Gasteiger partial charge >= 0.3 is 33.9 Å². The highest BCUT2D eigenvalue weighted by Gasteiger charge is 2.69. The van der Waals surface area contributed by atoms with Crippen molar-refractivity contribution in [3.63, 3.8) is 0 Å². The molecule has 1 aromatic rings. The molecular formula is C10H3F11O3S. The lowest BCUT2D eigenvalue weighted by Crippen LogP contribution is -2.46. The summed E-state index contributed by atoms with van der Waals surface area (Å²) in [6, 6.07) is -1.19. The average Bonchev–Trinajstić information content (AvgIpc) is 2.34. The normalized spacial score (nSPS) is 14.5. The van der Waals surface area contributed by atoms with Crippen LogP contribution in [0, 0.1) is 0 Å². The molecular weight excluding hydrogens is 409 g/mol. The summed E-state index contributed by atoms with van der Waals surface area (Å²) in [5, 5.41) is -6.51. The fourth-order valence-corrected chi connectivity index (χ4v) is 2.12. The second-order valence-corrected chi connectivity index (χ2v) is 5.84. The van der Waals surface area contributed by atoms with Crippen molar-refractivity contribution in [2.45, 2.75) is 23.8 Å². The fourth-order valence-electron chi connectivity index (χ4n) is 1.38. The molecule has 144 valence electrons. The van der Waals surface area contributed by atoms with Crippen LogP contribution in [0.15, 0.2) is 18.2 Å². The highest BCUT2D eigenvalue weighted by atomic mass is 32.2. The molecule has 0 radical (unpaired) electrons. The van der Waals surface area contributed by atoms with Crippen LogP contribution in [0.2, 0.25) is 0 Å². The summed E-state index contributed by atoms with van der Waals surface area (Å²) < 4.78 is 162. The third-order valence-electron chi connectivity index (χ3n) is 2.45. The Labute approximate surface area is 131 Å². The van der Waals surface area contributed by atoms with Gasteiger partial charge in [-0.15, -0.1) is 0 Å². The third-order valence-corrected chi connectivity index (χ3v) is 3.72. The lowest BCUT2D eigenvalue weighted by atomic mass is 10.1. The van der Waals surface area contributed by atoms with E-state index in [0.29, 0.717) is 0 Å². The molecule has 0 saturated heterocycles. The number of halogens is 11. The molecule has 0 aliphatic carbocycles. The minimum absolute atomic E-state index is 0.151. The number of alkyl halides is 11. The van der Waals surface area contributed by atoms with Crippen molar-refractivity contribution in [2.75, 3.05) is 0 Å². The molecule has 25 heavy (non-hydrogen) atoms. The summed E-state index contributed by atoms with van der Waals surface area (Å²) in [5.41, 5.74) is -4.87. The molecule has 0 fully saturated rings. The zero-order chi connectivity index (χ0) is 20.1. The quantitative estimate of drug-likeness (QED) is 0.539. The molecule has 0 aromatic heterocycles. The van der Waals surface area contributed by atoms with Gasteiger partial charge in [-0.25, -0.2) is 0 Å². The van der Waals surface area contributed by atoms with Gasteiger partial charge in [-0.3, -0.25) is 0 Å². The summed E-state index contributed by atoms with van der Waals surface area (Å²) >= 11 is 0. The number of hydrogen-bond donors (Lipinski definition) is 0. The largest absolute Gasteiger partial charge is 0.475 e. The molecule has 0 N–H and O–H groups in total. The summed E-state index contributed by atoms with van der Waals surface area (Å²) in [5.74, 6) is -1.82. The van der Waals surface area contributed by atoms with Crippen molar-refractivity contribution in [2.24, 2.45) is 0 Å². The van der Waals surface area contributed by atoms with Crippen LogP contribution in [-0.4, -0.2) is 19.8 Å². The fraction of sp³-hybridized carbons (Fsp3) is 0.400. The number of benzene rings is 1. The van der Waals surface area contributed by atoms with E-state index in [4.69, 9.17) is 0 Å². The molecule has 0 bridgehead atoms. The Morgan fingerprint density at radius 2 is 1.16 bits per heavy atom. The Bertz CT molecular complexity index is 743. The second kappa shape index (κ2) is 5.88. The summed E-state index contributed by atoms with van der Waals surface area (Å²) in [6.45, 7) is 0. The molecule has 0 atom stereocenters. The number of rotatable bonds is 3. The Morgan fingerprint density at radius 1 is 0.720 bits per heavy atom. The summed E-state index contributed by atoms with van der Waals surface area (Å²) in [4.78, 5) is 0. The van der Waals surface area contributed by atoms with Crippen LogP contribution in [0.25, 0.3) is 0 Å². The lowest BCUT2D eigenvalue weighted by Gasteiger charge is -2.20. The lowest BCUT2D eigenvalue weighted by molar-refractivity contribution is -0.243. The third kappa shape index (κ3) is 4.24. The standard InChI is InChI=1S/C10H3F11O3S/c11-7(12,13)5-2-1-4(3-6(5)8(14,15)16)24-25(22,23)10(20,21)9(17,18)19/h1-3H. The van der Waals surface area contributed by atoms with Crippen molar-refractivity contribution >= 4 is 10.1 Å². The molecule has 0 aliphatic heterocycles. The zero-order valence-electron chi connectivity index (χ0n) is 11.0. The highest BCUT2D eigenvalue weighted by Crippen LogP contribution is 2.44. The molecule has 0 aliphatic rings. The molecule has 0 heterocycles. The van der Waals surface area contributed by atoms with E-state index in [9.17, 15) is 56.7 Å². The van der Waals surface area contributed by atoms with Gasteiger partial charge in [0.1, 0.15) is 5.75 Å². The van der Waals surface area contributed by atoms with Crippen LogP contribution in [0.3, 0.4) is 0 Å². The zero-order valence-corrected chi connectivity index (χ0v) is 11.8. The van der Waals surface area contributed by atoms with Gasteiger partial charge < -0.3 is 4.18 Å². The SMILES string of the molecule is O=S(=O)(Oc1ccc(C(F)(F)F)c(C(F)(F)F)c1)C(F)(F)C(F)(F)F. The van der Waals surface area contributed by atoms with Gasteiger partial charge in [-0.2, -0.15) is 56.7 Å². The monoisotopic (exact) mass is 412 g/mol. The second-order valence-electron chi connectivity index (χ2n) is 4.25. The van der Waals surface area contributed by atoms with E-state index >= 15 is 0 Å². The van der Waals surface area contributed by atoms with Gasteiger partial charge in [-0.05, 0) is 18.2 Å². The maximum atomic E-state index is 12.8. The topological polar surface area (TPSA) is 43.4 Å². The molecule has 1 rings (SSSR count). The van der Waals surface area contributed by atoms with Gasteiger partial charge in [0.25, 0.3) is 0 Å². The first-order chi connectivity index (χ1) is 10.8. The molecule has 0 unspecified atom stereocenters. The van der Waals surface area contributed by atoms with Crippen molar-refractivity contribution < 1.29 is 60.9 Å². The van der Waals surface area contributed by atoms with Crippen LogP contribution in [0.4, 0.5) is 48.3 Å². The Hall–Kier alpha value is -1.80. The van der Waals surface area contributed by atoms with E-state index in [-0.39, 0.29) is 12.1 Å². The maximum absolute atomic E-state index is 12.8. The predicted octanol–water partition coefficient (Wildman–Crippen LogP) is 4.59. The molecule has 0 saturated carbocycles. The van der Waals surface area contributed by atoms with Gasteiger partial charge in [-0.1, -0.05) is 0 Å². The first kappa shape index (κ1) is 21.2. The Kier molecular flexibility index (Phi) is 4.99. The van der Waals surface area contributed by atoms with E-state index < -0.39 is 56.8 Å². The van der Waals surface area contributed by atoms with Crippen molar-refractivity contribution in [1.29, 1.82) is 0 Å². The van der Waals surface area contributed by atoms with E-state index in [1.807, 2.05) is 0 Å². The molecule has 15 heteroatoms. The molecule has 1 aromatic carbocycles. The van der Waals surface area contributed by atoms with E-state index in [1.165, 1.54) is 0 Å². The van der Waals surface area contributed by atoms with Crippen LogP contribution in [0.1, 0.15) is 11.1 Å². The van der Waals surface area contributed by atoms with Gasteiger partial charge in [0.05, 0.1) is 11.1 Å². The van der Waals surface area contributed by atoms with Crippen molar-refractivity contribution in [1.82, 2.24) is 0 Å². The minimum atomic E-state index is -6.89. The summed E-state index contributed by atoms with van der Waals surface area (Å²) in [6.07, 6.45) is -18.0. The van der Waals surface area contributed by atoms with Gasteiger partial charge in [0.2, 0.25) is 0 Å². The van der Waals surface area contributed by atoms with Crippen LogP contribution >= 0.6 is 0 Å². The average molecular weight is 412 g/mol. The minimum Gasteiger partial charge on any atom is -0.378 e. The van der Waals surface area contributed by atoms with Crippen LogP contribution in [0.5, 0.6) is 5.75 Å². The Balaban J connectivity index is 3.43. The number of hydrogen-bond acceptors (Lipinski definition) is 3. The first-order valence-electron chi connectivity index (χ1n) is 5.48. The first-order valence-corrected chi connectivity index (χ1v) is 6.88. The highest BCUT2D eigenvalue weighted by molar-refractivity contribution is 7.88. The van der Waals surface area contributed by atoms with E-state index in [0.717, 1.165) is 0 Å². The molecule has 0 amide bonds. The smallest absolute Gasteiger partial charge is 0.378 e. The predicted molar refractivity (Wildman–Crippen MR) is 57.0 cm³/mol. The molecule has 3 nitrogen and oxygen atoms in total. The van der Waals surface area contributed by atoms with E-state index in [1.54, 1.807) is 0 Å². The Morgan fingerprint density at radius 3 is 1.52 bits per heavy atom. The van der Waals surface area contributed by atoms with Gasteiger partial charge in [0, 0.05) is 0 Å². The molecule has 0 spiro atoms. The van der Waals surface area contributed by atoms with Crippen molar-refractivity contribution in [3.05, 3.63) is 29.3 Å². The maximum Gasteiger partial charge on any atom is 0.475 e. The van der Waals surface area contributed by atoms with Crippen LogP contribution in [-0.2, 0) is 22.5 Å².